The van der Waals surface area contributed by atoms with Crippen LogP contribution >= 0.6 is 0 Å². The lowest BCUT2D eigenvalue weighted by atomic mass is 10.0. The number of benzene rings is 2. The Morgan fingerprint density at radius 2 is 1.76 bits per heavy atom. The molecule has 2 heterocycles. The molecule has 1 fully saturated rings. The second-order valence-electron chi connectivity index (χ2n) is 7.13. The maximum atomic E-state index is 12.9. The Labute approximate surface area is 169 Å². The molecule has 0 bridgehead atoms. The molecule has 0 atom stereocenters. The third kappa shape index (κ3) is 3.73. The standard InChI is InChI=1S/C22H23N3O4/c1-2-29-17-6-4-16(5-7-17)25-21(27)18-8-3-14(13-19(18)22(25)28)20(26)24-15-9-11-23-12-10-15/h3-8,13,15,23H,2,9-12H2,1H3,(H,24,26). The lowest BCUT2D eigenvalue weighted by molar-refractivity contribution is 0.0918. The molecule has 150 valence electrons. The molecule has 0 saturated carbocycles. The van der Waals surface area contributed by atoms with Gasteiger partial charge in [-0.1, -0.05) is 0 Å². The molecule has 0 aliphatic carbocycles. The van der Waals surface area contributed by atoms with E-state index in [1.54, 1.807) is 36.4 Å². The highest BCUT2D eigenvalue weighted by Crippen LogP contribution is 2.30. The van der Waals surface area contributed by atoms with Crippen LogP contribution in [0.1, 0.15) is 50.8 Å². The molecule has 2 aliphatic rings. The highest BCUT2D eigenvalue weighted by Gasteiger charge is 2.37. The minimum Gasteiger partial charge on any atom is -0.494 e. The van der Waals surface area contributed by atoms with Crippen molar-refractivity contribution in [1.82, 2.24) is 10.6 Å². The lowest BCUT2D eigenvalue weighted by Gasteiger charge is -2.23. The summed E-state index contributed by atoms with van der Waals surface area (Å²) in [7, 11) is 0. The maximum Gasteiger partial charge on any atom is 0.266 e. The van der Waals surface area contributed by atoms with Gasteiger partial charge in [0.2, 0.25) is 0 Å². The Morgan fingerprint density at radius 1 is 1.07 bits per heavy atom. The van der Waals surface area contributed by atoms with Crippen LogP contribution in [0.2, 0.25) is 0 Å². The van der Waals surface area contributed by atoms with Gasteiger partial charge in [0.25, 0.3) is 17.7 Å². The number of piperidine rings is 1. The van der Waals surface area contributed by atoms with Crippen LogP contribution in [0.4, 0.5) is 5.69 Å². The summed E-state index contributed by atoms with van der Waals surface area (Å²) in [4.78, 5) is 39.4. The Balaban J connectivity index is 1.55. The zero-order chi connectivity index (χ0) is 20.4. The summed E-state index contributed by atoms with van der Waals surface area (Å²) >= 11 is 0. The summed E-state index contributed by atoms with van der Waals surface area (Å²) in [5, 5.41) is 6.27. The Morgan fingerprint density at radius 3 is 2.45 bits per heavy atom. The number of rotatable bonds is 5. The number of amides is 3. The minimum absolute atomic E-state index is 0.120. The number of carbonyl (C=O) groups excluding carboxylic acids is 3. The van der Waals surface area contributed by atoms with Gasteiger partial charge in [0.15, 0.2) is 0 Å². The average Bonchev–Trinajstić information content (AvgIpc) is 2.99. The highest BCUT2D eigenvalue weighted by molar-refractivity contribution is 6.34. The fourth-order valence-corrected chi connectivity index (χ4v) is 3.71. The zero-order valence-corrected chi connectivity index (χ0v) is 16.2. The van der Waals surface area contributed by atoms with Crippen LogP contribution in [0.25, 0.3) is 0 Å². The molecule has 7 nitrogen and oxygen atoms in total. The third-order valence-electron chi connectivity index (χ3n) is 5.23. The van der Waals surface area contributed by atoms with Crippen LogP contribution < -0.4 is 20.3 Å². The molecule has 0 radical (unpaired) electrons. The van der Waals surface area contributed by atoms with E-state index in [1.165, 1.54) is 6.07 Å². The third-order valence-corrected chi connectivity index (χ3v) is 5.23. The molecule has 0 spiro atoms. The molecule has 29 heavy (non-hydrogen) atoms. The number of nitrogens with zero attached hydrogens (tertiary/aromatic N) is 1. The van der Waals surface area contributed by atoms with Gasteiger partial charge in [0.1, 0.15) is 5.75 Å². The second-order valence-corrected chi connectivity index (χ2v) is 7.13. The Kier molecular flexibility index (Phi) is 5.31. The number of ether oxygens (including phenoxy) is 1. The molecule has 0 unspecified atom stereocenters. The van der Waals surface area contributed by atoms with Crippen molar-refractivity contribution < 1.29 is 19.1 Å². The summed E-state index contributed by atoms with van der Waals surface area (Å²) in [5.41, 5.74) is 1.42. The molecule has 7 heteroatoms. The molecule has 3 amide bonds. The Hall–Kier alpha value is -3.19. The van der Waals surface area contributed by atoms with Crippen molar-refractivity contribution in [2.75, 3.05) is 24.6 Å². The number of carbonyl (C=O) groups is 3. The van der Waals surface area contributed by atoms with Gasteiger partial charge in [0, 0.05) is 11.6 Å². The number of nitrogens with one attached hydrogen (secondary N) is 2. The SMILES string of the molecule is CCOc1ccc(N2C(=O)c3ccc(C(=O)NC4CCNCC4)cc3C2=O)cc1. The smallest absolute Gasteiger partial charge is 0.266 e. The number of fused-ring (bicyclic) bond motifs is 1. The number of hydrogen-bond donors (Lipinski definition) is 2. The summed E-state index contributed by atoms with van der Waals surface area (Å²) in [6.07, 6.45) is 1.75. The molecular weight excluding hydrogens is 370 g/mol. The normalized spacial score (nSPS) is 16.7. The molecule has 2 aromatic rings. The summed E-state index contributed by atoms with van der Waals surface area (Å²) in [6.45, 7) is 4.17. The first-order valence-corrected chi connectivity index (χ1v) is 9.85. The lowest BCUT2D eigenvalue weighted by Crippen LogP contribution is -2.42. The van der Waals surface area contributed by atoms with Crippen LogP contribution in [-0.4, -0.2) is 43.5 Å². The van der Waals surface area contributed by atoms with Crippen molar-refractivity contribution >= 4 is 23.4 Å². The Bertz CT molecular complexity index is 949. The average molecular weight is 393 g/mol. The molecule has 0 aromatic heterocycles. The van der Waals surface area contributed by atoms with Gasteiger partial charge < -0.3 is 15.4 Å². The van der Waals surface area contributed by atoms with Gasteiger partial charge in [-0.15, -0.1) is 0 Å². The molecule has 2 N–H and O–H groups in total. The van der Waals surface area contributed by atoms with Gasteiger partial charge >= 0.3 is 0 Å². The van der Waals surface area contributed by atoms with E-state index in [0.29, 0.717) is 29.2 Å². The first kappa shape index (κ1) is 19.1. The fourth-order valence-electron chi connectivity index (χ4n) is 3.71. The van der Waals surface area contributed by atoms with E-state index in [4.69, 9.17) is 4.74 Å². The largest absolute Gasteiger partial charge is 0.494 e. The molecular formula is C22H23N3O4. The van der Waals surface area contributed by atoms with Gasteiger partial charge in [-0.25, -0.2) is 4.90 Å². The minimum atomic E-state index is -0.425. The quantitative estimate of drug-likeness (QED) is 0.762. The predicted octanol–water partition coefficient (Wildman–Crippen LogP) is 2.37. The van der Waals surface area contributed by atoms with Crippen molar-refractivity contribution in [3.05, 3.63) is 59.2 Å². The summed E-state index contributed by atoms with van der Waals surface area (Å²) in [5.74, 6) is -0.366. The molecule has 2 aliphatic heterocycles. The van der Waals surface area contributed by atoms with Crippen molar-refractivity contribution in [3.63, 3.8) is 0 Å². The van der Waals surface area contributed by atoms with Crippen LogP contribution in [-0.2, 0) is 0 Å². The van der Waals surface area contributed by atoms with Crippen LogP contribution in [0.5, 0.6) is 5.75 Å². The van der Waals surface area contributed by atoms with Crippen molar-refractivity contribution in [3.8, 4) is 5.75 Å². The first-order chi connectivity index (χ1) is 14.1. The maximum absolute atomic E-state index is 12.9. The van der Waals surface area contributed by atoms with Crippen molar-refractivity contribution in [2.24, 2.45) is 0 Å². The topological polar surface area (TPSA) is 87.7 Å². The summed E-state index contributed by atoms with van der Waals surface area (Å²) < 4.78 is 5.41. The van der Waals surface area contributed by atoms with Crippen molar-refractivity contribution in [1.29, 1.82) is 0 Å². The fraction of sp³-hybridized carbons (Fsp3) is 0.318. The van der Waals surface area contributed by atoms with Gasteiger partial charge in [0.05, 0.1) is 23.4 Å². The van der Waals surface area contributed by atoms with Crippen LogP contribution in [0.15, 0.2) is 42.5 Å². The van der Waals surface area contributed by atoms with Gasteiger partial charge in [-0.05, 0) is 75.3 Å². The summed E-state index contributed by atoms with van der Waals surface area (Å²) in [6, 6.07) is 11.6. The van der Waals surface area contributed by atoms with E-state index in [9.17, 15) is 14.4 Å². The van der Waals surface area contributed by atoms with E-state index in [2.05, 4.69) is 10.6 Å². The van der Waals surface area contributed by atoms with Crippen LogP contribution in [0.3, 0.4) is 0 Å². The monoisotopic (exact) mass is 393 g/mol. The van der Waals surface area contributed by atoms with E-state index >= 15 is 0 Å². The predicted molar refractivity (Wildman–Crippen MR) is 109 cm³/mol. The highest BCUT2D eigenvalue weighted by atomic mass is 16.5. The van der Waals surface area contributed by atoms with E-state index in [-0.39, 0.29) is 23.4 Å². The van der Waals surface area contributed by atoms with Gasteiger partial charge in [-0.2, -0.15) is 0 Å². The first-order valence-electron chi connectivity index (χ1n) is 9.85. The van der Waals surface area contributed by atoms with E-state index in [1.807, 2.05) is 6.92 Å². The zero-order valence-electron chi connectivity index (χ0n) is 16.2. The molecule has 4 rings (SSSR count). The number of hydrogen-bond acceptors (Lipinski definition) is 5. The number of imide groups is 1. The number of anilines is 1. The van der Waals surface area contributed by atoms with Crippen molar-refractivity contribution in [2.45, 2.75) is 25.8 Å². The second kappa shape index (κ2) is 8.05. The van der Waals surface area contributed by atoms with Gasteiger partial charge in [-0.3, -0.25) is 14.4 Å². The molecule has 1 saturated heterocycles. The van der Waals surface area contributed by atoms with E-state index in [0.717, 1.165) is 30.8 Å². The van der Waals surface area contributed by atoms with E-state index < -0.39 is 5.91 Å². The van der Waals surface area contributed by atoms with Crippen LogP contribution in [0, 0.1) is 0 Å². The molecule has 2 aromatic carbocycles.